The average Bonchev–Trinajstić information content (AvgIpc) is 2.32. The fourth-order valence-corrected chi connectivity index (χ4v) is 0.834. The van der Waals surface area contributed by atoms with E-state index in [9.17, 15) is 4.79 Å². The van der Waals surface area contributed by atoms with Crippen molar-refractivity contribution in [2.75, 3.05) is 0 Å². The number of cyclic esters (lactones) is 1. The van der Waals surface area contributed by atoms with Gasteiger partial charge < -0.3 is 10.5 Å². The molecule has 12 heavy (non-hydrogen) atoms. The minimum absolute atomic E-state index is 0.194. The first-order valence-electron chi connectivity index (χ1n) is 3.37. The lowest BCUT2D eigenvalue weighted by Gasteiger charge is -1.97. The van der Waals surface area contributed by atoms with Crippen LogP contribution in [0.4, 0.5) is 0 Å². The molecule has 0 unspecified atom stereocenters. The Kier molecular flexibility index (Phi) is 1.88. The van der Waals surface area contributed by atoms with E-state index in [-0.39, 0.29) is 11.5 Å². The molecule has 0 aromatic carbocycles. The maximum absolute atomic E-state index is 10.9. The third kappa shape index (κ3) is 1.05. The summed E-state index contributed by atoms with van der Waals surface area (Å²) in [6.45, 7) is 3.11. The maximum atomic E-state index is 10.9. The number of hydrogen-bond donors (Lipinski definition) is 1. The predicted molar refractivity (Wildman–Crippen MR) is 41.3 cm³/mol. The first kappa shape index (κ1) is 8.34. The number of nitrogens with two attached hydrogens (primary N) is 1. The highest BCUT2D eigenvalue weighted by atomic mass is 16.5. The van der Waals surface area contributed by atoms with Crippen LogP contribution in [0.1, 0.15) is 13.8 Å². The number of ether oxygens (including phenoxy) is 1. The second kappa shape index (κ2) is 2.70. The van der Waals surface area contributed by atoms with Gasteiger partial charge in [-0.15, -0.1) is 0 Å². The molecule has 0 bridgehead atoms. The summed E-state index contributed by atoms with van der Waals surface area (Å²) in [6.07, 6.45) is 0. The first-order chi connectivity index (χ1) is 5.57. The van der Waals surface area contributed by atoms with Crippen LogP contribution in [0.3, 0.4) is 0 Å². The highest BCUT2D eigenvalue weighted by Crippen LogP contribution is 2.23. The maximum Gasteiger partial charge on any atom is 0.341 e. The van der Waals surface area contributed by atoms with Crippen molar-refractivity contribution in [3.05, 3.63) is 22.6 Å². The van der Waals surface area contributed by atoms with Crippen LogP contribution in [0.5, 0.6) is 0 Å². The third-order valence-electron chi connectivity index (χ3n) is 1.66. The Morgan fingerprint density at radius 2 is 2.25 bits per heavy atom. The zero-order valence-corrected chi connectivity index (χ0v) is 6.84. The van der Waals surface area contributed by atoms with Gasteiger partial charge in [-0.25, -0.2) is 4.79 Å². The molecule has 1 heterocycles. The summed E-state index contributed by atoms with van der Waals surface area (Å²) >= 11 is 0. The zero-order valence-electron chi connectivity index (χ0n) is 6.84. The number of carbonyl (C=O) groups excluding carboxylic acids is 1. The van der Waals surface area contributed by atoms with Crippen LogP contribution < -0.4 is 5.73 Å². The summed E-state index contributed by atoms with van der Waals surface area (Å²) in [5, 5.41) is 8.51. The summed E-state index contributed by atoms with van der Waals surface area (Å²) in [5.41, 5.74) is 6.46. The van der Waals surface area contributed by atoms with E-state index < -0.39 is 5.97 Å². The van der Waals surface area contributed by atoms with Crippen molar-refractivity contribution in [2.24, 2.45) is 5.73 Å². The fourth-order valence-electron chi connectivity index (χ4n) is 0.834. The largest absolute Gasteiger partial charge is 0.420 e. The molecule has 0 radical (unpaired) electrons. The minimum atomic E-state index is -0.475. The number of rotatable bonds is 0. The molecule has 4 nitrogen and oxygen atoms in total. The van der Waals surface area contributed by atoms with Crippen molar-refractivity contribution in [1.29, 1.82) is 5.26 Å². The van der Waals surface area contributed by atoms with Gasteiger partial charge in [0.05, 0.1) is 22.9 Å². The Labute approximate surface area is 69.9 Å². The molecular weight excluding hydrogens is 156 g/mol. The number of carbonyl (C=O) groups is 1. The monoisotopic (exact) mass is 164 g/mol. The van der Waals surface area contributed by atoms with Gasteiger partial charge in [-0.1, -0.05) is 0 Å². The van der Waals surface area contributed by atoms with Crippen molar-refractivity contribution in [3.8, 4) is 6.07 Å². The smallest absolute Gasteiger partial charge is 0.341 e. The quantitative estimate of drug-likeness (QED) is 0.419. The molecule has 1 aliphatic rings. The molecule has 62 valence electrons. The van der Waals surface area contributed by atoms with Crippen molar-refractivity contribution in [3.63, 3.8) is 0 Å². The van der Waals surface area contributed by atoms with Crippen LogP contribution >= 0.6 is 0 Å². The molecule has 0 saturated carbocycles. The third-order valence-corrected chi connectivity index (χ3v) is 1.66. The summed E-state index contributed by atoms with van der Waals surface area (Å²) in [6, 6.07) is 1.87. The molecule has 0 fully saturated rings. The van der Waals surface area contributed by atoms with Crippen LogP contribution in [0.15, 0.2) is 22.6 Å². The van der Waals surface area contributed by atoms with Gasteiger partial charge in [0, 0.05) is 0 Å². The summed E-state index contributed by atoms with van der Waals surface area (Å²) < 4.78 is 4.76. The minimum Gasteiger partial charge on any atom is -0.420 e. The topological polar surface area (TPSA) is 76.1 Å². The van der Waals surface area contributed by atoms with Crippen LogP contribution in [-0.2, 0) is 9.53 Å². The second-order valence-electron chi connectivity index (χ2n) is 2.49. The van der Waals surface area contributed by atoms with E-state index in [0.717, 1.165) is 0 Å². The van der Waals surface area contributed by atoms with Crippen molar-refractivity contribution < 1.29 is 9.53 Å². The van der Waals surface area contributed by atoms with Crippen LogP contribution in [0.2, 0.25) is 0 Å². The molecule has 0 aromatic rings. The van der Waals surface area contributed by atoms with Gasteiger partial charge in [-0.2, -0.15) is 5.26 Å². The molecule has 0 aromatic heterocycles. The first-order valence-corrected chi connectivity index (χ1v) is 3.37. The fraction of sp³-hybridized carbons (Fsp3) is 0.250. The molecular formula is C8H8N2O2. The summed E-state index contributed by atoms with van der Waals surface area (Å²) in [5.74, 6) is -0.280. The normalized spacial score (nSPS) is 20.6. The number of nitrogens with zero attached hydrogens (tertiary/aromatic N) is 1. The average molecular weight is 164 g/mol. The van der Waals surface area contributed by atoms with Gasteiger partial charge in [0.2, 0.25) is 0 Å². The van der Waals surface area contributed by atoms with Gasteiger partial charge in [-0.05, 0) is 13.8 Å². The lowest BCUT2D eigenvalue weighted by atomic mass is 10.2. The van der Waals surface area contributed by atoms with Gasteiger partial charge in [0.1, 0.15) is 0 Å². The summed E-state index contributed by atoms with van der Waals surface area (Å²) in [7, 11) is 0. The van der Waals surface area contributed by atoms with Gasteiger partial charge in [-0.3, -0.25) is 0 Å². The zero-order chi connectivity index (χ0) is 9.30. The van der Waals surface area contributed by atoms with E-state index in [2.05, 4.69) is 0 Å². The van der Waals surface area contributed by atoms with Crippen molar-refractivity contribution >= 4 is 5.97 Å². The van der Waals surface area contributed by atoms with Crippen LogP contribution in [0, 0.1) is 11.3 Å². The summed E-state index contributed by atoms with van der Waals surface area (Å²) in [4.78, 5) is 10.9. The lowest BCUT2D eigenvalue weighted by molar-refractivity contribution is -0.133. The van der Waals surface area contributed by atoms with Crippen molar-refractivity contribution in [1.82, 2.24) is 0 Å². The molecule has 0 saturated heterocycles. The van der Waals surface area contributed by atoms with Crippen molar-refractivity contribution in [2.45, 2.75) is 13.8 Å². The Bertz CT molecular complexity index is 345. The molecule has 0 atom stereocenters. The molecule has 1 rings (SSSR count). The van der Waals surface area contributed by atoms with Crippen LogP contribution in [-0.4, -0.2) is 5.97 Å². The predicted octanol–water partition coefficient (Wildman–Crippen LogP) is 0.573. The highest BCUT2D eigenvalue weighted by Gasteiger charge is 2.25. The van der Waals surface area contributed by atoms with E-state index in [1.165, 1.54) is 0 Å². The number of allylic oxidation sites excluding steroid dienone is 1. The van der Waals surface area contributed by atoms with E-state index in [1.807, 2.05) is 6.07 Å². The van der Waals surface area contributed by atoms with E-state index in [1.54, 1.807) is 13.8 Å². The molecule has 0 aliphatic carbocycles. The Hall–Kier alpha value is -1.76. The van der Waals surface area contributed by atoms with Crippen LogP contribution in [0.25, 0.3) is 0 Å². The number of hydrogen-bond acceptors (Lipinski definition) is 4. The van der Waals surface area contributed by atoms with Gasteiger partial charge in [0.15, 0.2) is 5.76 Å². The van der Waals surface area contributed by atoms with Gasteiger partial charge >= 0.3 is 5.97 Å². The Morgan fingerprint density at radius 3 is 2.58 bits per heavy atom. The van der Waals surface area contributed by atoms with E-state index >= 15 is 0 Å². The highest BCUT2D eigenvalue weighted by molar-refractivity contribution is 5.93. The lowest BCUT2D eigenvalue weighted by Crippen LogP contribution is -2.00. The van der Waals surface area contributed by atoms with E-state index in [4.69, 9.17) is 15.7 Å². The molecule has 0 spiro atoms. The Morgan fingerprint density at radius 1 is 1.67 bits per heavy atom. The SMILES string of the molecule is CC1=C(N)/C(=C(\C)C#N)OC1=O. The second-order valence-corrected chi connectivity index (χ2v) is 2.49. The molecule has 4 heteroatoms. The molecule has 1 aliphatic heterocycles. The Balaban J connectivity index is 3.21. The molecule has 0 amide bonds. The van der Waals surface area contributed by atoms with Gasteiger partial charge in [0.25, 0.3) is 0 Å². The number of esters is 1. The number of nitriles is 1. The standard InChI is InChI=1S/C8H8N2O2/c1-4(3-9)7-6(10)5(2)8(11)12-7/h10H2,1-2H3/b7-4-. The molecule has 2 N–H and O–H groups in total. The van der Waals surface area contributed by atoms with E-state index in [0.29, 0.717) is 11.1 Å².